The lowest BCUT2D eigenvalue weighted by atomic mass is 10.2. The first kappa shape index (κ1) is 13.2. The largest absolute Gasteiger partial charge is 0.496 e. The standard InChI is InChI=1S/C15H16O4/c1-10(2)6-7-18-11-8-13(17-3)12-4-5-15(16)19-14(12)9-11/h4-6,8-9H,7H2,1-3H3. The molecular weight excluding hydrogens is 244 g/mol. The summed E-state index contributed by atoms with van der Waals surface area (Å²) in [4.78, 5) is 11.2. The van der Waals surface area contributed by atoms with E-state index in [9.17, 15) is 4.79 Å². The molecule has 4 heteroatoms. The summed E-state index contributed by atoms with van der Waals surface area (Å²) in [7, 11) is 1.57. The Morgan fingerprint density at radius 2 is 2.11 bits per heavy atom. The Kier molecular flexibility index (Phi) is 3.90. The first-order valence-electron chi connectivity index (χ1n) is 5.98. The third-order valence-electron chi connectivity index (χ3n) is 2.64. The van der Waals surface area contributed by atoms with Gasteiger partial charge in [-0.3, -0.25) is 0 Å². The van der Waals surface area contributed by atoms with E-state index in [-0.39, 0.29) is 0 Å². The highest BCUT2D eigenvalue weighted by Gasteiger charge is 2.07. The Morgan fingerprint density at radius 1 is 1.32 bits per heavy atom. The summed E-state index contributed by atoms with van der Waals surface area (Å²) in [5, 5.41) is 0.747. The van der Waals surface area contributed by atoms with Gasteiger partial charge in [0.15, 0.2) is 0 Å². The second-order valence-corrected chi connectivity index (χ2v) is 4.38. The van der Waals surface area contributed by atoms with Crippen LogP contribution in [-0.2, 0) is 0 Å². The maximum atomic E-state index is 11.2. The van der Waals surface area contributed by atoms with E-state index in [1.165, 1.54) is 11.6 Å². The van der Waals surface area contributed by atoms with Crippen molar-refractivity contribution in [2.24, 2.45) is 0 Å². The molecule has 4 nitrogen and oxygen atoms in total. The first-order valence-corrected chi connectivity index (χ1v) is 5.98. The minimum atomic E-state index is -0.393. The third kappa shape index (κ3) is 3.16. The van der Waals surface area contributed by atoms with E-state index in [2.05, 4.69) is 0 Å². The molecule has 100 valence electrons. The van der Waals surface area contributed by atoms with Crippen molar-refractivity contribution in [2.75, 3.05) is 13.7 Å². The number of hydrogen-bond donors (Lipinski definition) is 0. The van der Waals surface area contributed by atoms with Crippen LogP contribution in [0.3, 0.4) is 0 Å². The van der Waals surface area contributed by atoms with Gasteiger partial charge < -0.3 is 13.9 Å². The summed E-state index contributed by atoms with van der Waals surface area (Å²) in [6.45, 7) is 4.47. The highest BCUT2D eigenvalue weighted by atomic mass is 16.5. The van der Waals surface area contributed by atoms with Crippen LogP contribution >= 0.6 is 0 Å². The molecule has 0 aliphatic rings. The molecule has 0 fully saturated rings. The van der Waals surface area contributed by atoms with Gasteiger partial charge in [0.1, 0.15) is 23.7 Å². The molecule has 0 amide bonds. The van der Waals surface area contributed by atoms with Crippen LogP contribution in [0.2, 0.25) is 0 Å². The highest BCUT2D eigenvalue weighted by Crippen LogP contribution is 2.30. The zero-order chi connectivity index (χ0) is 13.8. The number of methoxy groups -OCH3 is 1. The average molecular weight is 260 g/mol. The lowest BCUT2D eigenvalue weighted by Gasteiger charge is -2.08. The van der Waals surface area contributed by atoms with Crippen molar-refractivity contribution in [1.82, 2.24) is 0 Å². The van der Waals surface area contributed by atoms with E-state index in [1.54, 1.807) is 25.3 Å². The summed E-state index contributed by atoms with van der Waals surface area (Å²) in [6.07, 6.45) is 1.97. The Bertz CT molecular complexity index is 663. The van der Waals surface area contributed by atoms with Crippen LogP contribution in [0.1, 0.15) is 13.8 Å². The van der Waals surface area contributed by atoms with Crippen LogP contribution in [0.25, 0.3) is 11.0 Å². The van der Waals surface area contributed by atoms with E-state index in [0.717, 1.165) is 5.39 Å². The quantitative estimate of drug-likeness (QED) is 0.626. The van der Waals surface area contributed by atoms with Crippen molar-refractivity contribution in [3.63, 3.8) is 0 Å². The van der Waals surface area contributed by atoms with Gasteiger partial charge in [0.2, 0.25) is 0 Å². The minimum absolute atomic E-state index is 0.393. The Balaban J connectivity index is 2.40. The van der Waals surface area contributed by atoms with E-state index < -0.39 is 5.63 Å². The maximum absolute atomic E-state index is 11.2. The van der Waals surface area contributed by atoms with Gasteiger partial charge in [-0.25, -0.2) is 4.79 Å². The minimum Gasteiger partial charge on any atom is -0.496 e. The summed E-state index contributed by atoms with van der Waals surface area (Å²) in [5.74, 6) is 1.23. The van der Waals surface area contributed by atoms with E-state index >= 15 is 0 Å². The number of allylic oxidation sites excluding steroid dienone is 1. The van der Waals surface area contributed by atoms with E-state index in [0.29, 0.717) is 23.7 Å². The van der Waals surface area contributed by atoms with Crippen LogP contribution in [0.5, 0.6) is 11.5 Å². The molecule has 0 unspecified atom stereocenters. The predicted molar refractivity (Wildman–Crippen MR) is 74.0 cm³/mol. The molecule has 0 radical (unpaired) electrons. The van der Waals surface area contributed by atoms with Crippen molar-refractivity contribution in [1.29, 1.82) is 0 Å². The van der Waals surface area contributed by atoms with Crippen molar-refractivity contribution in [3.8, 4) is 11.5 Å². The SMILES string of the molecule is COc1cc(OCC=C(C)C)cc2oc(=O)ccc12. The van der Waals surface area contributed by atoms with Crippen molar-refractivity contribution >= 4 is 11.0 Å². The second kappa shape index (κ2) is 5.61. The Morgan fingerprint density at radius 3 is 2.79 bits per heavy atom. The van der Waals surface area contributed by atoms with Gasteiger partial charge >= 0.3 is 5.63 Å². The molecule has 0 saturated heterocycles. The Hall–Kier alpha value is -2.23. The molecule has 19 heavy (non-hydrogen) atoms. The molecule has 1 aromatic heterocycles. The number of ether oxygens (including phenoxy) is 2. The lowest BCUT2D eigenvalue weighted by Crippen LogP contribution is -1.98. The molecule has 0 bridgehead atoms. The number of hydrogen-bond acceptors (Lipinski definition) is 4. The fraction of sp³-hybridized carbons (Fsp3) is 0.267. The number of benzene rings is 1. The number of rotatable bonds is 4. The topological polar surface area (TPSA) is 48.7 Å². The van der Waals surface area contributed by atoms with E-state index in [4.69, 9.17) is 13.9 Å². The van der Waals surface area contributed by atoms with Crippen LogP contribution < -0.4 is 15.1 Å². The molecule has 0 saturated carbocycles. The zero-order valence-corrected chi connectivity index (χ0v) is 11.2. The summed E-state index contributed by atoms with van der Waals surface area (Å²) < 4.78 is 16.0. The fourth-order valence-corrected chi connectivity index (χ4v) is 1.68. The summed E-state index contributed by atoms with van der Waals surface area (Å²) in [5.41, 5.74) is 1.24. The fourth-order valence-electron chi connectivity index (χ4n) is 1.68. The molecule has 0 aliphatic carbocycles. The van der Waals surface area contributed by atoms with Gasteiger partial charge in [-0.05, 0) is 26.0 Å². The molecule has 0 aliphatic heterocycles. The molecule has 0 spiro atoms. The molecule has 2 rings (SSSR count). The van der Waals surface area contributed by atoms with Gasteiger partial charge in [-0.15, -0.1) is 0 Å². The van der Waals surface area contributed by atoms with Gasteiger partial charge in [0.05, 0.1) is 12.5 Å². The van der Waals surface area contributed by atoms with Crippen molar-refractivity contribution in [2.45, 2.75) is 13.8 Å². The van der Waals surface area contributed by atoms with Crippen LogP contribution in [0.4, 0.5) is 0 Å². The normalized spacial score (nSPS) is 10.3. The second-order valence-electron chi connectivity index (χ2n) is 4.38. The molecule has 0 atom stereocenters. The molecule has 0 N–H and O–H groups in total. The number of fused-ring (bicyclic) bond motifs is 1. The zero-order valence-electron chi connectivity index (χ0n) is 11.2. The first-order chi connectivity index (χ1) is 9.10. The lowest BCUT2D eigenvalue weighted by molar-refractivity contribution is 0.356. The molecular formula is C15H16O4. The van der Waals surface area contributed by atoms with Crippen LogP contribution in [-0.4, -0.2) is 13.7 Å². The van der Waals surface area contributed by atoms with Gasteiger partial charge in [-0.2, -0.15) is 0 Å². The van der Waals surface area contributed by atoms with Crippen molar-refractivity contribution < 1.29 is 13.9 Å². The highest BCUT2D eigenvalue weighted by molar-refractivity contribution is 5.84. The third-order valence-corrected chi connectivity index (χ3v) is 2.64. The average Bonchev–Trinajstić information content (AvgIpc) is 2.36. The summed E-state index contributed by atoms with van der Waals surface area (Å²) >= 11 is 0. The summed E-state index contributed by atoms with van der Waals surface area (Å²) in [6, 6.07) is 6.52. The monoisotopic (exact) mass is 260 g/mol. The van der Waals surface area contributed by atoms with Crippen LogP contribution in [0.15, 0.2) is 45.1 Å². The van der Waals surface area contributed by atoms with Crippen LogP contribution in [0, 0.1) is 0 Å². The molecule has 1 aromatic carbocycles. The smallest absolute Gasteiger partial charge is 0.336 e. The van der Waals surface area contributed by atoms with Crippen molar-refractivity contribution in [3.05, 3.63) is 46.3 Å². The Labute approximate surface area is 111 Å². The molecule has 1 heterocycles. The van der Waals surface area contributed by atoms with E-state index in [1.807, 2.05) is 19.9 Å². The van der Waals surface area contributed by atoms with Gasteiger partial charge in [-0.1, -0.05) is 5.57 Å². The molecule has 2 aromatic rings. The van der Waals surface area contributed by atoms with Gasteiger partial charge in [0.25, 0.3) is 0 Å². The predicted octanol–water partition coefficient (Wildman–Crippen LogP) is 3.15. The maximum Gasteiger partial charge on any atom is 0.336 e. The van der Waals surface area contributed by atoms with Gasteiger partial charge in [0, 0.05) is 18.2 Å².